The van der Waals surface area contributed by atoms with E-state index < -0.39 is 12.1 Å². The predicted molar refractivity (Wildman–Crippen MR) is 96.6 cm³/mol. The maximum atomic E-state index is 11.5. The zero-order valence-corrected chi connectivity index (χ0v) is 13.9. The lowest BCUT2D eigenvalue weighted by molar-refractivity contribution is -0.145. The van der Waals surface area contributed by atoms with Crippen LogP contribution in [0.5, 0.6) is 5.75 Å². The van der Waals surface area contributed by atoms with Crippen LogP contribution in [0.25, 0.3) is 11.1 Å². The summed E-state index contributed by atoms with van der Waals surface area (Å²) in [4.78, 5) is 11.5. The van der Waals surface area contributed by atoms with Crippen molar-refractivity contribution < 1.29 is 14.6 Å². The average Bonchev–Trinajstić information content (AvgIpc) is 3.14. The number of aliphatic carboxylic acids is 1. The van der Waals surface area contributed by atoms with E-state index in [2.05, 4.69) is 11.4 Å². The van der Waals surface area contributed by atoms with Gasteiger partial charge in [0.1, 0.15) is 5.75 Å². The molecule has 0 aliphatic rings. The van der Waals surface area contributed by atoms with Gasteiger partial charge in [-0.05, 0) is 58.5 Å². The third-order valence-corrected chi connectivity index (χ3v) is 4.48. The number of hydrogen-bond acceptors (Lipinski definition) is 3. The van der Waals surface area contributed by atoms with Crippen LogP contribution in [0.4, 0.5) is 0 Å². The third kappa shape index (κ3) is 4.24. The van der Waals surface area contributed by atoms with Crippen LogP contribution in [-0.4, -0.2) is 17.2 Å². The Morgan fingerprint density at radius 2 is 1.75 bits per heavy atom. The Bertz CT molecular complexity index is 764. The van der Waals surface area contributed by atoms with Gasteiger partial charge in [0, 0.05) is 0 Å². The van der Waals surface area contributed by atoms with Crippen molar-refractivity contribution in [1.82, 2.24) is 0 Å². The molecule has 0 saturated heterocycles. The van der Waals surface area contributed by atoms with Gasteiger partial charge in [-0.15, -0.1) is 0 Å². The zero-order chi connectivity index (χ0) is 16.8. The first-order valence-corrected chi connectivity index (χ1v) is 8.72. The molecule has 1 aromatic heterocycles. The third-order valence-electron chi connectivity index (χ3n) is 3.80. The molecule has 0 aliphatic carbocycles. The summed E-state index contributed by atoms with van der Waals surface area (Å²) in [6, 6.07) is 19.5. The van der Waals surface area contributed by atoms with E-state index in [1.807, 2.05) is 60.0 Å². The summed E-state index contributed by atoms with van der Waals surface area (Å²) >= 11 is 1.65. The molecule has 0 amide bonds. The first-order chi connectivity index (χ1) is 11.7. The highest BCUT2D eigenvalue weighted by molar-refractivity contribution is 7.08. The monoisotopic (exact) mass is 338 g/mol. The number of hydrogen-bond donors (Lipinski definition) is 1. The van der Waals surface area contributed by atoms with Gasteiger partial charge in [0.25, 0.3) is 0 Å². The summed E-state index contributed by atoms with van der Waals surface area (Å²) < 4.78 is 5.67. The number of rotatable bonds is 7. The Morgan fingerprint density at radius 1 is 1.00 bits per heavy atom. The minimum atomic E-state index is -0.937. The molecule has 3 aromatic rings. The standard InChI is InChI=1S/C20H18O3S/c21-20(22)19(11-6-15-4-2-1-3-5-15)23-18-9-7-16(8-10-18)17-12-13-24-14-17/h1-5,7-10,12-14,19H,6,11H2,(H,21,22)/t19-/m0/s1. The first kappa shape index (κ1) is 16.3. The number of aryl methyl sites for hydroxylation is 1. The molecule has 0 bridgehead atoms. The van der Waals surface area contributed by atoms with E-state index in [-0.39, 0.29) is 0 Å². The number of thiophene rings is 1. The van der Waals surface area contributed by atoms with Crippen LogP contribution in [-0.2, 0) is 11.2 Å². The molecule has 0 radical (unpaired) electrons. The lowest BCUT2D eigenvalue weighted by Crippen LogP contribution is -2.27. The quantitative estimate of drug-likeness (QED) is 0.668. The lowest BCUT2D eigenvalue weighted by atomic mass is 10.1. The molecular formula is C20H18O3S. The number of benzene rings is 2. The van der Waals surface area contributed by atoms with Crippen molar-refractivity contribution in [3.8, 4) is 16.9 Å². The van der Waals surface area contributed by atoms with Gasteiger partial charge in [-0.2, -0.15) is 11.3 Å². The maximum absolute atomic E-state index is 11.5. The molecule has 0 unspecified atom stereocenters. The summed E-state index contributed by atoms with van der Waals surface area (Å²) in [7, 11) is 0. The van der Waals surface area contributed by atoms with Crippen molar-refractivity contribution in [1.29, 1.82) is 0 Å². The van der Waals surface area contributed by atoms with Crippen molar-refractivity contribution in [3.05, 3.63) is 77.0 Å². The SMILES string of the molecule is O=C(O)[C@H](CCc1ccccc1)Oc1ccc(-c2ccsc2)cc1. The topological polar surface area (TPSA) is 46.5 Å². The fourth-order valence-corrected chi connectivity index (χ4v) is 3.16. The van der Waals surface area contributed by atoms with E-state index in [4.69, 9.17) is 4.74 Å². The minimum Gasteiger partial charge on any atom is -0.479 e. The van der Waals surface area contributed by atoms with Gasteiger partial charge >= 0.3 is 5.97 Å². The van der Waals surface area contributed by atoms with E-state index in [1.165, 1.54) is 0 Å². The molecule has 3 rings (SSSR count). The predicted octanol–water partition coefficient (Wildman–Crippen LogP) is 4.88. The molecule has 1 atom stereocenters. The van der Waals surface area contributed by atoms with Crippen molar-refractivity contribution in [2.24, 2.45) is 0 Å². The molecular weight excluding hydrogens is 320 g/mol. The Kier molecular flexibility index (Phi) is 5.29. The normalized spacial score (nSPS) is 11.8. The van der Waals surface area contributed by atoms with Gasteiger partial charge in [0.05, 0.1) is 0 Å². The van der Waals surface area contributed by atoms with E-state index >= 15 is 0 Å². The second kappa shape index (κ2) is 7.79. The van der Waals surface area contributed by atoms with Gasteiger partial charge in [0.15, 0.2) is 6.10 Å². The molecule has 1 N–H and O–H groups in total. The van der Waals surface area contributed by atoms with Gasteiger partial charge in [-0.25, -0.2) is 4.79 Å². The second-order valence-corrected chi connectivity index (χ2v) is 6.29. The van der Waals surface area contributed by atoms with Gasteiger partial charge in [-0.3, -0.25) is 0 Å². The molecule has 0 aliphatic heterocycles. The molecule has 0 saturated carbocycles. The molecule has 3 nitrogen and oxygen atoms in total. The van der Waals surface area contributed by atoms with Crippen LogP contribution < -0.4 is 4.74 Å². The van der Waals surface area contributed by atoms with Crippen LogP contribution in [0.3, 0.4) is 0 Å². The number of carboxylic acid groups (broad SMARTS) is 1. The van der Waals surface area contributed by atoms with Crippen molar-refractivity contribution in [3.63, 3.8) is 0 Å². The van der Waals surface area contributed by atoms with Crippen molar-refractivity contribution in [2.45, 2.75) is 18.9 Å². The van der Waals surface area contributed by atoms with Crippen LogP contribution in [0.15, 0.2) is 71.4 Å². The van der Waals surface area contributed by atoms with Crippen LogP contribution in [0.1, 0.15) is 12.0 Å². The molecule has 0 fully saturated rings. The molecule has 2 aromatic carbocycles. The van der Waals surface area contributed by atoms with E-state index in [9.17, 15) is 9.90 Å². The molecule has 24 heavy (non-hydrogen) atoms. The van der Waals surface area contributed by atoms with E-state index in [0.29, 0.717) is 18.6 Å². The highest BCUT2D eigenvalue weighted by Crippen LogP contribution is 2.25. The van der Waals surface area contributed by atoms with Gasteiger partial charge < -0.3 is 9.84 Å². The highest BCUT2D eigenvalue weighted by atomic mass is 32.1. The Hall–Kier alpha value is -2.59. The lowest BCUT2D eigenvalue weighted by Gasteiger charge is -2.15. The van der Waals surface area contributed by atoms with Crippen LogP contribution in [0, 0.1) is 0 Å². The smallest absolute Gasteiger partial charge is 0.344 e. The van der Waals surface area contributed by atoms with Crippen molar-refractivity contribution >= 4 is 17.3 Å². The zero-order valence-electron chi connectivity index (χ0n) is 13.1. The first-order valence-electron chi connectivity index (χ1n) is 7.78. The molecule has 0 spiro atoms. The number of carboxylic acids is 1. The minimum absolute atomic E-state index is 0.436. The second-order valence-electron chi connectivity index (χ2n) is 5.51. The number of ether oxygens (including phenoxy) is 1. The van der Waals surface area contributed by atoms with Crippen LogP contribution in [0.2, 0.25) is 0 Å². The fraction of sp³-hybridized carbons (Fsp3) is 0.150. The van der Waals surface area contributed by atoms with Gasteiger partial charge in [0.2, 0.25) is 0 Å². The maximum Gasteiger partial charge on any atom is 0.344 e. The molecule has 122 valence electrons. The average molecular weight is 338 g/mol. The van der Waals surface area contributed by atoms with E-state index in [0.717, 1.165) is 16.7 Å². The summed E-state index contributed by atoms with van der Waals surface area (Å²) in [6.45, 7) is 0. The Morgan fingerprint density at radius 3 is 2.38 bits per heavy atom. The Balaban J connectivity index is 1.64. The van der Waals surface area contributed by atoms with Crippen molar-refractivity contribution in [2.75, 3.05) is 0 Å². The molecule has 4 heteroatoms. The summed E-state index contributed by atoms with van der Waals surface area (Å²) in [5.41, 5.74) is 3.37. The summed E-state index contributed by atoms with van der Waals surface area (Å²) in [5.74, 6) is -0.359. The van der Waals surface area contributed by atoms with Crippen LogP contribution >= 0.6 is 11.3 Å². The summed E-state index contributed by atoms with van der Waals surface area (Å²) in [5, 5.41) is 13.5. The highest BCUT2D eigenvalue weighted by Gasteiger charge is 2.19. The summed E-state index contributed by atoms with van der Waals surface area (Å²) in [6.07, 6.45) is 0.258. The molecule has 1 heterocycles. The fourth-order valence-electron chi connectivity index (χ4n) is 2.49. The Labute approximate surface area is 145 Å². The van der Waals surface area contributed by atoms with E-state index in [1.54, 1.807) is 11.3 Å². The largest absolute Gasteiger partial charge is 0.479 e. The van der Waals surface area contributed by atoms with Gasteiger partial charge in [-0.1, -0.05) is 42.5 Å². The number of carbonyl (C=O) groups is 1.